The maximum atomic E-state index is 13.5. The van der Waals surface area contributed by atoms with Gasteiger partial charge in [-0.05, 0) is 35.4 Å². The number of rotatable bonds is 5. The number of carbonyl (C=O) groups excluding carboxylic acids is 3. The first-order valence-corrected chi connectivity index (χ1v) is 9.06. The Balaban J connectivity index is 1.97. The Hall–Kier alpha value is -2.23. The van der Waals surface area contributed by atoms with E-state index in [1.165, 1.54) is 17.0 Å². The highest BCUT2D eigenvalue weighted by Crippen LogP contribution is 2.30. The van der Waals surface area contributed by atoms with Crippen molar-refractivity contribution in [2.45, 2.75) is 12.1 Å². The average molecular weight is 452 g/mol. The van der Waals surface area contributed by atoms with E-state index in [1.807, 2.05) is 0 Å². The van der Waals surface area contributed by atoms with Gasteiger partial charge in [0.15, 0.2) is 0 Å². The molecule has 0 aromatic heterocycles. The Morgan fingerprint density at radius 2 is 2.00 bits per heavy atom. The zero-order chi connectivity index (χ0) is 19.8. The Morgan fingerprint density at radius 3 is 2.63 bits per heavy atom. The third-order valence-corrected chi connectivity index (χ3v) is 5.24. The highest BCUT2D eigenvalue weighted by atomic mass is 79.9. The first kappa shape index (κ1) is 19.5. The molecule has 0 saturated heterocycles. The Kier molecular flexibility index (Phi) is 5.36. The summed E-state index contributed by atoms with van der Waals surface area (Å²) in [6, 6.07) is 10.6. The van der Waals surface area contributed by atoms with Crippen LogP contribution in [0.3, 0.4) is 0 Å². The predicted molar refractivity (Wildman–Crippen MR) is 103 cm³/mol. The van der Waals surface area contributed by atoms with E-state index in [2.05, 4.69) is 28.7 Å². The highest BCUT2D eigenvalue weighted by molar-refractivity contribution is 9.10. The second kappa shape index (κ2) is 7.41. The molecule has 27 heavy (non-hydrogen) atoms. The van der Waals surface area contributed by atoms with Crippen molar-refractivity contribution < 1.29 is 18.8 Å². The molecule has 1 aliphatic rings. The van der Waals surface area contributed by atoms with Crippen LogP contribution in [0.15, 0.2) is 46.9 Å². The molecule has 0 aliphatic carbocycles. The van der Waals surface area contributed by atoms with Crippen molar-refractivity contribution in [2.24, 2.45) is 5.73 Å². The molecule has 0 saturated carbocycles. The van der Waals surface area contributed by atoms with Crippen LogP contribution < -0.4 is 5.73 Å². The molecule has 1 aliphatic heterocycles. The van der Waals surface area contributed by atoms with Crippen molar-refractivity contribution in [3.8, 4) is 0 Å². The summed E-state index contributed by atoms with van der Waals surface area (Å²) in [4.78, 5) is 37.8. The molecule has 0 spiro atoms. The van der Waals surface area contributed by atoms with E-state index >= 15 is 0 Å². The lowest BCUT2D eigenvalue weighted by molar-refractivity contribution is -0.136. The molecule has 0 unspecified atom stereocenters. The van der Waals surface area contributed by atoms with Gasteiger partial charge in [-0.3, -0.25) is 14.4 Å². The van der Waals surface area contributed by atoms with Crippen molar-refractivity contribution >= 4 is 47.0 Å². The van der Waals surface area contributed by atoms with Gasteiger partial charge in [-0.15, -0.1) is 0 Å². The lowest BCUT2D eigenvalue weighted by Gasteiger charge is -2.33. The minimum atomic E-state index is -1.71. The lowest BCUT2D eigenvalue weighted by Crippen LogP contribution is -2.57. The summed E-state index contributed by atoms with van der Waals surface area (Å²) in [5.74, 6) is -1.73. The summed E-state index contributed by atoms with van der Waals surface area (Å²) in [5, 5.41) is 0. The maximum Gasteiger partial charge on any atom is 0.265 e. The van der Waals surface area contributed by atoms with Crippen LogP contribution in [0, 0.1) is 5.82 Å². The molecule has 140 valence electrons. The van der Waals surface area contributed by atoms with Crippen LogP contribution in [-0.2, 0) is 21.7 Å². The van der Waals surface area contributed by atoms with E-state index in [1.54, 1.807) is 24.3 Å². The van der Waals surface area contributed by atoms with Gasteiger partial charge in [-0.25, -0.2) is 8.70 Å². The normalized spacial score (nSPS) is 15.3. The highest BCUT2D eigenvalue weighted by Gasteiger charge is 2.43. The van der Waals surface area contributed by atoms with Gasteiger partial charge in [0.05, 0.1) is 6.54 Å². The number of fused-ring (bicyclic) bond motifs is 1. The number of halogens is 2. The second-order valence-electron chi connectivity index (χ2n) is 6.20. The Bertz CT molecular complexity index is 925. The molecule has 2 N–H and O–H groups in total. The van der Waals surface area contributed by atoms with Crippen LogP contribution in [0.25, 0.3) is 0 Å². The van der Waals surface area contributed by atoms with Crippen molar-refractivity contribution in [2.75, 3.05) is 6.54 Å². The minimum absolute atomic E-state index is 0.185. The zero-order valence-corrected chi connectivity index (χ0v) is 16.4. The molecule has 1 heterocycles. The number of carbonyl (C=O) groups is 3. The van der Waals surface area contributed by atoms with Crippen LogP contribution in [0.1, 0.15) is 21.5 Å². The molecule has 0 fully saturated rings. The Labute approximate surface area is 168 Å². The molecule has 0 radical (unpaired) electrons. The summed E-state index contributed by atoms with van der Waals surface area (Å²) >= 11 is 7.15. The van der Waals surface area contributed by atoms with Crippen molar-refractivity contribution in [1.29, 1.82) is 0 Å². The third-order valence-electron chi connectivity index (χ3n) is 4.44. The number of hydrogen-bond donors (Lipinski definition) is 2. The molecule has 6 nitrogen and oxygen atoms in total. The fraction of sp³-hybridized carbons (Fsp3) is 0.167. The molecule has 2 aromatic carbocycles. The molecule has 3 rings (SSSR count). The van der Waals surface area contributed by atoms with Gasteiger partial charge in [0.1, 0.15) is 11.4 Å². The van der Waals surface area contributed by atoms with Crippen molar-refractivity contribution in [3.05, 3.63) is 69.4 Å². The van der Waals surface area contributed by atoms with Crippen LogP contribution >= 0.6 is 28.7 Å². The summed E-state index contributed by atoms with van der Waals surface area (Å²) in [7, 11) is 0. The topological polar surface area (TPSA) is 83.7 Å². The molecule has 1 atom stereocenters. The predicted octanol–water partition coefficient (Wildman–Crippen LogP) is 2.23. The molecular formula is C18H15BrFN3O3S. The molecule has 3 amide bonds. The number of nitrogens with zero attached hydrogens (tertiary/aromatic N) is 2. The third kappa shape index (κ3) is 3.62. The largest absolute Gasteiger partial charge is 0.332 e. The first-order valence-electron chi connectivity index (χ1n) is 7.86. The minimum Gasteiger partial charge on any atom is -0.332 e. The van der Waals surface area contributed by atoms with Gasteiger partial charge in [0.2, 0.25) is 6.41 Å². The number of imide groups is 1. The van der Waals surface area contributed by atoms with Gasteiger partial charge < -0.3 is 10.6 Å². The van der Waals surface area contributed by atoms with Gasteiger partial charge in [-0.1, -0.05) is 46.9 Å². The number of benzene rings is 2. The second-order valence-corrected chi connectivity index (χ2v) is 7.54. The monoisotopic (exact) mass is 451 g/mol. The van der Waals surface area contributed by atoms with Crippen LogP contribution in [0.4, 0.5) is 4.39 Å². The van der Waals surface area contributed by atoms with Crippen LogP contribution in [0.5, 0.6) is 0 Å². The van der Waals surface area contributed by atoms with Gasteiger partial charge in [0, 0.05) is 16.6 Å². The number of nitrogens with two attached hydrogens (primary N) is 1. The molecule has 2 aromatic rings. The molecule has 9 heteroatoms. The van der Waals surface area contributed by atoms with Crippen LogP contribution in [0.2, 0.25) is 0 Å². The fourth-order valence-electron chi connectivity index (χ4n) is 3.04. The lowest BCUT2D eigenvalue weighted by atomic mass is 9.89. The summed E-state index contributed by atoms with van der Waals surface area (Å²) in [6.07, 6.45) is 0.238. The number of hydrogen-bond acceptors (Lipinski definition) is 5. The van der Waals surface area contributed by atoms with Gasteiger partial charge >= 0.3 is 0 Å². The van der Waals surface area contributed by atoms with Crippen LogP contribution in [-0.4, -0.2) is 34.0 Å². The average Bonchev–Trinajstić information content (AvgIpc) is 2.96. The van der Waals surface area contributed by atoms with E-state index in [4.69, 9.17) is 5.73 Å². The van der Waals surface area contributed by atoms with Gasteiger partial charge in [-0.2, -0.15) is 0 Å². The van der Waals surface area contributed by atoms with Gasteiger partial charge in [0.25, 0.3) is 11.8 Å². The SMILES string of the molecule is N[C@](CN1Cc2ccc(F)cc2C1=O)(C(=O)N(S)C=O)c1ccc(Br)cc1. The quantitative estimate of drug-likeness (QED) is 0.539. The van der Waals surface area contributed by atoms with E-state index in [0.717, 1.165) is 10.5 Å². The molecule has 0 bridgehead atoms. The summed E-state index contributed by atoms with van der Waals surface area (Å²) in [6.45, 7) is -0.0155. The first-order chi connectivity index (χ1) is 12.8. The van der Waals surface area contributed by atoms with E-state index in [9.17, 15) is 18.8 Å². The zero-order valence-electron chi connectivity index (χ0n) is 13.9. The Morgan fingerprint density at radius 1 is 1.33 bits per heavy atom. The fourth-order valence-corrected chi connectivity index (χ4v) is 3.49. The number of amides is 3. The summed E-state index contributed by atoms with van der Waals surface area (Å²) < 4.78 is 14.8. The van der Waals surface area contributed by atoms with E-state index in [-0.39, 0.29) is 25.1 Å². The number of thiol groups is 1. The smallest absolute Gasteiger partial charge is 0.265 e. The van der Waals surface area contributed by atoms with E-state index in [0.29, 0.717) is 15.4 Å². The van der Waals surface area contributed by atoms with Crippen molar-refractivity contribution in [3.63, 3.8) is 0 Å². The van der Waals surface area contributed by atoms with E-state index < -0.39 is 23.2 Å². The molecular weight excluding hydrogens is 437 g/mol. The maximum absolute atomic E-state index is 13.5. The summed E-state index contributed by atoms with van der Waals surface area (Å²) in [5.41, 5.74) is 5.99. The van der Waals surface area contributed by atoms with Crippen molar-refractivity contribution in [1.82, 2.24) is 9.21 Å². The standard InChI is InChI=1S/C18H15BrFN3O3S/c19-13-4-2-12(3-5-13)18(21,17(26)23(27)10-24)9-22-8-11-1-6-14(20)7-15(11)16(22)25/h1-7,10,27H,8-9,21H2/t18-/m0/s1.